The van der Waals surface area contributed by atoms with Crippen LogP contribution in [0.15, 0.2) is 94.7 Å². The number of phenolic OH excluding ortho intramolecular Hbond substituents is 1. The minimum Gasteiger partial charge on any atom is -0.508 e. The summed E-state index contributed by atoms with van der Waals surface area (Å²) in [7, 11) is -7.20. The number of nitrogens with two attached hydrogens (primary N) is 1. The zero-order chi connectivity index (χ0) is 38.1. The van der Waals surface area contributed by atoms with Crippen molar-refractivity contribution in [1.82, 2.24) is 0 Å². The first-order valence-electron chi connectivity index (χ1n) is 16.0. The number of hydrogen-bond donors (Lipinski definition) is 4. The average Bonchev–Trinajstić information content (AvgIpc) is 2.98. The molecule has 0 saturated carbocycles. The first kappa shape index (κ1) is 42.8. The van der Waals surface area contributed by atoms with Crippen molar-refractivity contribution in [3.05, 3.63) is 113 Å². The zero-order valence-electron chi connectivity index (χ0n) is 30.3. The van der Waals surface area contributed by atoms with Crippen LogP contribution in [-0.4, -0.2) is 38.1 Å². The van der Waals surface area contributed by atoms with Crippen LogP contribution in [0, 0.1) is 5.92 Å². The highest BCUT2D eigenvalue weighted by Crippen LogP contribution is 2.39. The summed E-state index contributed by atoms with van der Waals surface area (Å²) in [5.74, 6) is 0.551. The van der Waals surface area contributed by atoms with Crippen molar-refractivity contribution in [2.75, 3.05) is 7.05 Å². The molecule has 4 rings (SSSR count). The smallest absolute Gasteiger partial charge is 0.269 e. The number of rotatable bonds is 10. The van der Waals surface area contributed by atoms with E-state index in [1.165, 1.54) is 18.8 Å². The first-order chi connectivity index (χ1) is 23.0. The highest BCUT2D eigenvalue weighted by Gasteiger charge is 2.28. The summed E-state index contributed by atoms with van der Waals surface area (Å²) in [6, 6.07) is 24.7. The SMILES string of the molecule is CC(C)(C)c1ccc(C(C)(C)c2ccc(Oc3ccc(Sc4ccc(O)cc4)cc3)c(CS(=O)(=O)O)c2)cc1CS(=O)(=O)O.CC(C)C.CN. The molecule has 0 unspecified atom stereocenters. The molecule has 0 saturated heterocycles. The summed E-state index contributed by atoms with van der Waals surface area (Å²) >= 11 is 1.50. The topological polar surface area (TPSA) is 164 Å². The van der Waals surface area contributed by atoms with Crippen LogP contribution >= 0.6 is 11.8 Å². The van der Waals surface area contributed by atoms with Crippen LogP contribution in [0.3, 0.4) is 0 Å². The van der Waals surface area contributed by atoms with Gasteiger partial charge in [-0.25, -0.2) is 0 Å². The van der Waals surface area contributed by atoms with Crippen molar-refractivity contribution < 1.29 is 35.8 Å². The monoisotopic (exact) mass is 745 g/mol. The molecule has 4 aromatic rings. The fourth-order valence-electron chi connectivity index (χ4n) is 4.93. The predicted octanol–water partition coefficient (Wildman–Crippen LogP) is 8.97. The van der Waals surface area contributed by atoms with Crippen molar-refractivity contribution >= 4 is 32.0 Å². The second kappa shape index (κ2) is 17.7. The highest BCUT2D eigenvalue weighted by atomic mass is 32.2. The van der Waals surface area contributed by atoms with Crippen LogP contribution in [0.4, 0.5) is 0 Å². The molecule has 9 nitrogen and oxygen atoms in total. The Labute approximate surface area is 302 Å². The Morgan fingerprint density at radius 3 is 1.56 bits per heavy atom. The molecule has 0 atom stereocenters. The molecule has 0 bridgehead atoms. The fraction of sp³-hybridized carbons (Fsp3) is 0.368. The second-order valence-corrected chi connectivity index (χ2v) is 18.0. The van der Waals surface area contributed by atoms with Crippen LogP contribution in [-0.2, 0) is 42.6 Å². The largest absolute Gasteiger partial charge is 0.508 e. The van der Waals surface area contributed by atoms with Gasteiger partial charge in [0.1, 0.15) is 28.8 Å². The van der Waals surface area contributed by atoms with Gasteiger partial charge in [-0.2, -0.15) is 16.8 Å². The Bertz CT molecular complexity index is 1910. The molecule has 0 spiro atoms. The maximum absolute atomic E-state index is 12.0. The third-order valence-corrected chi connectivity index (χ3v) is 9.58. The van der Waals surface area contributed by atoms with Crippen LogP contribution in [0.2, 0.25) is 0 Å². The summed E-state index contributed by atoms with van der Waals surface area (Å²) < 4.78 is 73.1. The van der Waals surface area contributed by atoms with Gasteiger partial charge in [0.2, 0.25) is 0 Å². The van der Waals surface area contributed by atoms with Crippen LogP contribution in [0.1, 0.15) is 83.2 Å². The number of hydrogen-bond acceptors (Lipinski definition) is 8. The molecule has 0 aliphatic heterocycles. The molecule has 50 heavy (non-hydrogen) atoms. The van der Waals surface area contributed by atoms with E-state index in [2.05, 4.69) is 26.5 Å². The van der Waals surface area contributed by atoms with E-state index in [4.69, 9.17) is 4.74 Å². The van der Waals surface area contributed by atoms with E-state index < -0.39 is 37.2 Å². The lowest BCUT2D eigenvalue weighted by Crippen LogP contribution is -2.22. The summed E-state index contributed by atoms with van der Waals surface area (Å²) in [4.78, 5) is 1.88. The van der Waals surface area contributed by atoms with Gasteiger partial charge in [-0.1, -0.05) is 97.5 Å². The third kappa shape index (κ3) is 13.7. The minimum absolute atomic E-state index is 0.188. The number of phenols is 1. The molecule has 0 fully saturated rings. The Morgan fingerprint density at radius 2 is 1.10 bits per heavy atom. The summed E-state index contributed by atoms with van der Waals surface area (Å²) in [5, 5.41) is 9.49. The maximum atomic E-state index is 12.0. The quantitative estimate of drug-likeness (QED) is 0.115. The van der Waals surface area contributed by atoms with Crippen molar-refractivity contribution in [2.24, 2.45) is 11.7 Å². The van der Waals surface area contributed by atoms with Gasteiger partial charge >= 0.3 is 0 Å². The van der Waals surface area contributed by atoms with Crippen molar-refractivity contribution in [1.29, 1.82) is 0 Å². The maximum Gasteiger partial charge on any atom is 0.269 e. The van der Waals surface area contributed by atoms with E-state index in [-0.39, 0.29) is 22.5 Å². The van der Waals surface area contributed by atoms with E-state index in [9.17, 15) is 31.0 Å². The van der Waals surface area contributed by atoms with Gasteiger partial charge in [-0.3, -0.25) is 9.11 Å². The second-order valence-electron chi connectivity index (χ2n) is 13.9. The average molecular weight is 746 g/mol. The molecule has 0 aliphatic carbocycles. The van der Waals surface area contributed by atoms with E-state index in [1.807, 2.05) is 71.0 Å². The Morgan fingerprint density at radius 1 is 0.680 bits per heavy atom. The summed E-state index contributed by atoms with van der Waals surface area (Å²) in [6.45, 7) is 16.2. The summed E-state index contributed by atoms with van der Waals surface area (Å²) in [5.41, 5.74) is 6.41. The normalized spacial score (nSPS) is 12.0. The van der Waals surface area contributed by atoms with E-state index in [1.54, 1.807) is 48.5 Å². The van der Waals surface area contributed by atoms with E-state index in [0.717, 1.165) is 26.8 Å². The molecule has 0 aliphatic rings. The standard InChI is InChI=1S/C33H36O8S3.C4H10.CH5N/c1-32(2,3)30-16-6-24(18-22(30)20-43(35,36)37)33(4,5)25-7-17-31(23(19-25)21-44(38,39)40)41-27-10-14-29(15-11-27)42-28-12-8-26(34)9-13-28;1-4(2)3;1-2/h6-19,34H,20-21H2,1-5H3,(H,35,36,37)(H,38,39,40);4H,1-3H3;2H2,1H3. The van der Waals surface area contributed by atoms with Crippen LogP contribution < -0.4 is 10.5 Å². The van der Waals surface area contributed by atoms with E-state index in [0.29, 0.717) is 16.9 Å². The van der Waals surface area contributed by atoms with Crippen LogP contribution in [0.25, 0.3) is 0 Å². The zero-order valence-corrected chi connectivity index (χ0v) is 32.7. The van der Waals surface area contributed by atoms with Crippen molar-refractivity contribution in [2.45, 2.75) is 87.5 Å². The van der Waals surface area contributed by atoms with Gasteiger partial charge in [-0.05, 0) is 95.2 Å². The third-order valence-electron chi connectivity index (χ3n) is 7.22. The molecule has 0 heterocycles. The van der Waals surface area contributed by atoms with Gasteiger partial charge in [0.05, 0.1) is 0 Å². The number of aromatic hydroxyl groups is 1. The number of benzene rings is 4. The van der Waals surface area contributed by atoms with Gasteiger partial charge in [-0.15, -0.1) is 0 Å². The Balaban J connectivity index is 0.00000135. The Hall–Kier alpha value is -3.39. The van der Waals surface area contributed by atoms with Crippen LogP contribution in [0.5, 0.6) is 17.2 Å². The van der Waals surface area contributed by atoms with Crippen molar-refractivity contribution in [3.63, 3.8) is 0 Å². The molecule has 0 aromatic heterocycles. The number of ether oxygens (including phenoxy) is 1. The lowest BCUT2D eigenvalue weighted by Gasteiger charge is -2.30. The Kier molecular flexibility index (Phi) is 15.1. The molecule has 0 amide bonds. The van der Waals surface area contributed by atoms with Gasteiger partial charge in [0, 0.05) is 20.8 Å². The van der Waals surface area contributed by atoms with Gasteiger partial charge in [0.15, 0.2) is 0 Å². The minimum atomic E-state index is -4.41. The summed E-state index contributed by atoms with van der Waals surface area (Å²) in [6.07, 6.45) is 0. The van der Waals surface area contributed by atoms with E-state index >= 15 is 0 Å². The van der Waals surface area contributed by atoms with Gasteiger partial charge in [0.25, 0.3) is 20.2 Å². The molecule has 5 N–H and O–H groups in total. The predicted molar refractivity (Wildman–Crippen MR) is 204 cm³/mol. The molecule has 0 radical (unpaired) electrons. The lowest BCUT2D eigenvalue weighted by molar-refractivity contribution is 0.466. The lowest BCUT2D eigenvalue weighted by atomic mass is 9.75. The molecule has 274 valence electrons. The first-order valence-corrected chi connectivity index (χ1v) is 20.1. The van der Waals surface area contributed by atoms with Gasteiger partial charge < -0.3 is 15.6 Å². The highest BCUT2D eigenvalue weighted by molar-refractivity contribution is 7.99. The molecule has 12 heteroatoms. The fourth-order valence-corrected chi connectivity index (χ4v) is 6.99. The molecular formula is C38H51NO8S3. The van der Waals surface area contributed by atoms with Crippen molar-refractivity contribution in [3.8, 4) is 17.2 Å². The molecular weight excluding hydrogens is 695 g/mol. The molecule has 4 aromatic carbocycles.